The minimum Gasteiger partial charge on any atom is -0.497 e. The molecule has 24 heavy (non-hydrogen) atoms. The Morgan fingerprint density at radius 2 is 1.83 bits per heavy atom. The molecule has 0 unspecified atom stereocenters. The van der Waals surface area contributed by atoms with E-state index in [0.717, 1.165) is 17.1 Å². The molecule has 1 aromatic heterocycles. The number of benzene rings is 1. The molecule has 1 amide bonds. The van der Waals surface area contributed by atoms with Crippen LogP contribution in [0.3, 0.4) is 0 Å². The van der Waals surface area contributed by atoms with Crippen molar-refractivity contribution in [1.82, 2.24) is 4.98 Å². The third kappa shape index (κ3) is 4.25. The molecule has 0 spiro atoms. The lowest BCUT2D eigenvalue weighted by atomic mass is 9.95. The Morgan fingerprint density at radius 3 is 2.54 bits per heavy atom. The Labute approximate surface area is 142 Å². The van der Waals surface area contributed by atoms with Gasteiger partial charge in [-0.1, -0.05) is 19.3 Å². The number of nitrogens with one attached hydrogen (secondary N) is 2. The normalized spacial score (nSPS) is 14.9. The predicted octanol–water partition coefficient (Wildman–Crippen LogP) is 4.09. The molecular weight excluding hydrogens is 302 g/mol. The van der Waals surface area contributed by atoms with E-state index in [0.29, 0.717) is 11.6 Å². The van der Waals surface area contributed by atoms with Crippen LogP contribution in [0.4, 0.5) is 11.4 Å². The summed E-state index contributed by atoms with van der Waals surface area (Å²) in [6, 6.07) is 9.60. The monoisotopic (exact) mass is 325 g/mol. The fourth-order valence-corrected chi connectivity index (χ4v) is 3.00. The van der Waals surface area contributed by atoms with Crippen molar-refractivity contribution >= 4 is 17.3 Å². The molecule has 0 bridgehead atoms. The predicted molar refractivity (Wildman–Crippen MR) is 95.7 cm³/mol. The molecule has 0 atom stereocenters. The molecule has 0 saturated heterocycles. The minimum atomic E-state index is -0.167. The number of aromatic nitrogens is 1. The number of carbonyl (C=O) groups excluding carboxylic acids is 1. The van der Waals surface area contributed by atoms with E-state index in [1.54, 1.807) is 19.5 Å². The average molecular weight is 325 g/mol. The van der Waals surface area contributed by atoms with Crippen LogP contribution in [0.1, 0.15) is 42.5 Å². The lowest BCUT2D eigenvalue weighted by Gasteiger charge is -2.23. The highest BCUT2D eigenvalue weighted by atomic mass is 16.5. The van der Waals surface area contributed by atoms with Crippen LogP contribution in [0.15, 0.2) is 42.7 Å². The largest absolute Gasteiger partial charge is 0.497 e. The second-order valence-corrected chi connectivity index (χ2v) is 6.12. The summed E-state index contributed by atoms with van der Waals surface area (Å²) in [6.45, 7) is 0. The van der Waals surface area contributed by atoms with Gasteiger partial charge in [-0.25, -0.2) is 0 Å². The number of amides is 1. The molecule has 126 valence electrons. The van der Waals surface area contributed by atoms with Gasteiger partial charge in [0.15, 0.2) is 0 Å². The molecular formula is C19H23N3O2. The van der Waals surface area contributed by atoms with Crippen LogP contribution in [-0.2, 0) is 0 Å². The number of ether oxygens (including phenoxy) is 1. The Morgan fingerprint density at radius 1 is 1.08 bits per heavy atom. The first-order chi connectivity index (χ1) is 11.7. The van der Waals surface area contributed by atoms with Gasteiger partial charge in [-0.3, -0.25) is 9.78 Å². The minimum absolute atomic E-state index is 0.167. The smallest absolute Gasteiger partial charge is 0.257 e. The van der Waals surface area contributed by atoms with Crippen LogP contribution < -0.4 is 15.4 Å². The summed E-state index contributed by atoms with van der Waals surface area (Å²) in [5.41, 5.74) is 2.18. The van der Waals surface area contributed by atoms with Gasteiger partial charge in [0.1, 0.15) is 5.75 Å². The number of hydrogen-bond acceptors (Lipinski definition) is 4. The van der Waals surface area contributed by atoms with Crippen molar-refractivity contribution in [2.45, 2.75) is 38.1 Å². The third-order valence-corrected chi connectivity index (χ3v) is 4.32. The van der Waals surface area contributed by atoms with Gasteiger partial charge in [-0.15, -0.1) is 0 Å². The zero-order valence-electron chi connectivity index (χ0n) is 13.9. The maximum Gasteiger partial charge on any atom is 0.257 e. The summed E-state index contributed by atoms with van der Waals surface area (Å²) in [7, 11) is 1.62. The van der Waals surface area contributed by atoms with Crippen LogP contribution >= 0.6 is 0 Å². The molecule has 2 aromatic rings. The molecule has 2 N–H and O–H groups in total. The van der Waals surface area contributed by atoms with Crippen LogP contribution in [0.2, 0.25) is 0 Å². The summed E-state index contributed by atoms with van der Waals surface area (Å²) in [5.74, 6) is 0.591. The fraction of sp³-hybridized carbons (Fsp3) is 0.368. The molecule has 1 aliphatic carbocycles. The highest BCUT2D eigenvalue weighted by Gasteiger charge is 2.14. The number of nitrogens with zero attached hydrogens (tertiary/aromatic N) is 1. The molecule has 5 heteroatoms. The van der Waals surface area contributed by atoms with Crippen molar-refractivity contribution < 1.29 is 9.53 Å². The van der Waals surface area contributed by atoms with E-state index in [4.69, 9.17) is 4.74 Å². The number of carbonyl (C=O) groups is 1. The van der Waals surface area contributed by atoms with Gasteiger partial charge in [0.05, 0.1) is 18.4 Å². The zero-order chi connectivity index (χ0) is 16.8. The summed E-state index contributed by atoms with van der Waals surface area (Å²) < 4.78 is 5.12. The maximum absolute atomic E-state index is 12.4. The molecule has 1 heterocycles. The summed E-state index contributed by atoms with van der Waals surface area (Å²) in [4.78, 5) is 16.6. The molecule has 1 aromatic carbocycles. The van der Waals surface area contributed by atoms with Crippen molar-refractivity contribution in [3.63, 3.8) is 0 Å². The Hall–Kier alpha value is -2.56. The zero-order valence-corrected chi connectivity index (χ0v) is 13.9. The second kappa shape index (κ2) is 7.81. The number of anilines is 2. The molecule has 0 aliphatic heterocycles. The van der Waals surface area contributed by atoms with Gasteiger partial charge >= 0.3 is 0 Å². The van der Waals surface area contributed by atoms with Gasteiger partial charge in [-0.2, -0.15) is 0 Å². The van der Waals surface area contributed by atoms with Crippen molar-refractivity contribution in [1.29, 1.82) is 0 Å². The highest BCUT2D eigenvalue weighted by Crippen LogP contribution is 2.22. The number of methoxy groups -OCH3 is 1. The first kappa shape index (κ1) is 16.3. The highest BCUT2D eigenvalue weighted by molar-refractivity contribution is 6.04. The van der Waals surface area contributed by atoms with Crippen molar-refractivity contribution in [3.05, 3.63) is 48.3 Å². The Balaban J connectivity index is 1.64. The summed E-state index contributed by atoms with van der Waals surface area (Å²) in [5, 5.41) is 6.37. The van der Waals surface area contributed by atoms with E-state index in [1.165, 1.54) is 32.1 Å². The number of rotatable bonds is 5. The van der Waals surface area contributed by atoms with Crippen LogP contribution in [0, 0.1) is 0 Å². The quantitative estimate of drug-likeness (QED) is 0.869. The van der Waals surface area contributed by atoms with Gasteiger partial charge < -0.3 is 15.4 Å². The van der Waals surface area contributed by atoms with Crippen LogP contribution in [0.25, 0.3) is 0 Å². The first-order valence-corrected chi connectivity index (χ1v) is 8.41. The Bertz CT molecular complexity index is 679. The van der Waals surface area contributed by atoms with Crippen molar-refractivity contribution in [3.8, 4) is 5.75 Å². The first-order valence-electron chi connectivity index (χ1n) is 8.41. The van der Waals surface area contributed by atoms with E-state index in [9.17, 15) is 4.79 Å². The van der Waals surface area contributed by atoms with E-state index in [2.05, 4.69) is 15.6 Å². The van der Waals surface area contributed by atoms with Gasteiger partial charge in [0.2, 0.25) is 0 Å². The number of pyridine rings is 1. The lowest BCUT2D eigenvalue weighted by Crippen LogP contribution is -2.22. The molecule has 0 radical (unpaired) electrons. The van der Waals surface area contributed by atoms with Gasteiger partial charge in [-0.05, 0) is 43.2 Å². The van der Waals surface area contributed by atoms with Crippen LogP contribution in [0.5, 0.6) is 5.75 Å². The summed E-state index contributed by atoms with van der Waals surface area (Å²) in [6.07, 6.45) is 9.58. The van der Waals surface area contributed by atoms with E-state index in [-0.39, 0.29) is 5.91 Å². The molecule has 1 saturated carbocycles. The molecule has 1 aliphatic rings. The maximum atomic E-state index is 12.4. The Kier molecular flexibility index (Phi) is 5.31. The van der Waals surface area contributed by atoms with Gasteiger partial charge in [0, 0.05) is 24.1 Å². The standard InChI is InChI=1S/C19H23N3O2/c1-24-18-9-7-16(8-10-18)22-19(23)14-11-17(13-20-12-14)21-15-5-3-2-4-6-15/h7-13,15,21H,2-6H2,1H3,(H,22,23). The molecule has 1 fully saturated rings. The topological polar surface area (TPSA) is 63.2 Å². The average Bonchev–Trinajstić information content (AvgIpc) is 2.63. The van der Waals surface area contributed by atoms with E-state index >= 15 is 0 Å². The fourth-order valence-electron chi connectivity index (χ4n) is 3.00. The second-order valence-electron chi connectivity index (χ2n) is 6.12. The van der Waals surface area contributed by atoms with E-state index in [1.807, 2.05) is 30.3 Å². The number of hydrogen-bond donors (Lipinski definition) is 2. The van der Waals surface area contributed by atoms with Gasteiger partial charge in [0.25, 0.3) is 5.91 Å². The lowest BCUT2D eigenvalue weighted by molar-refractivity contribution is 0.102. The van der Waals surface area contributed by atoms with E-state index < -0.39 is 0 Å². The van der Waals surface area contributed by atoms with Crippen molar-refractivity contribution in [2.24, 2.45) is 0 Å². The van der Waals surface area contributed by atoms with Crippen molar-refractivity contribution in [2.75, 3.05) is 17.7 Å². The summed E-state index contributed by atoms with van der Waals surface area (Å²) >= 11 is 0. The molecule has 5 nitrogen and oxygen atoms in total. The van der Waals surface area contributed by atoms with Crippen LogP contribution in [-0.4, -0.2) is 24.0 Å². The third-order valence-electron chi connectivity index (χ3n) is 4.32. The molecule has 3 rings (SSSR count). The SMILES string of the molecule is COc1ccc(NC(=O)c2cncc(NC3CCCCC3)c2)cc1.